The minimum atomic E-state index is -1.02. The van der Waals surface area contributed by atoms with E-state index in [-0.39, 0.29) is 11.1 Å². The van der Waals surface area contributed by atoms with E-state index in [1.807, 2.05) is 0 Å². The fraction of sp³-hybridized carbons (Fsp3) is 0.0769. The van der Waals surface area contributed by atoms with Crippen LogP contribution in [0.25, 0.3) is 0 Å². The molecule has 5 nitrogen and oxygen atoms in total. The molecule has 0 heterocycles. The van der Waals surface area contributed by atoms with Gasteiger partial charge in [0.25, 0.3) is 0 Å². The summed E-state index contributed by atoms with van der Waals surface area (Å²) < 4.78 is 9.38. The van der Waals surface area contributed by atoms with E-state index in [1.165, 1.54) is 31.2 Å². The lowest BCUT2D eigenvalue weighted by Crippen LogP contribution is -2.00. The van der Waals surface area contributed by atoms with Crippen molar-refractivity contribution in [3.63, 3.8) is 0 Å². The zero-order chi connectivity index (χ0) is 13.5. The Morgan fingerprint density at radius 1 is 1.22 bits per heavy atom. The summed E-state index contributed by atoms with van der Waals surface area (Å²) in [6.07, 6.45) is 4.21. The molecule has 1 N–H and O–H groups in total. The second-order valence-corrected chi connectivity index (χ2v) is 3.31. The third-order valence-electron chi connectivity index (χ3n) is 1.80. The second kappa shape index (κ2) is 6.11. The van der Waals surface area contributed by atoms with Gasteiger partial charge in [0.1, 0.15) is 5.75 Å². The molecule has 1 aromatic rings. The van der Waals surface area contributed by atoms with Gasteiger partial charge in [-0.1, -0.05) is 6.58 Å². The molecule has 0 aromatic heterocycles. The summed E-state index contributed by atoms with van der Waals surface area (Å²) in [4.78, 5) is 21.5. The van der Waals surface area contributed by atoms with Crippen LogP contribution in [0.3, 0.4) is 0 Å². The van der Waals surface area contributed by atoms with Crippen LogP contribution in [0.4, 0.5) is 0 Å². The predicted molar refractivity (Wildman–Crippen MR) is 62.7 cm³/mol. The van der Waals surface area contributed by atoms with Gasteiger partial charge in [-0.2, -0.15) is 0 Å². The number of carboxylic acids is 1. The molecule has 0 atom stereocenters. The Morgan fingerprint density at radius 2 is 1.83 bits per heavy atom. The van der Waals surface area contributed by atoms with E-state index in [4.69, 9.17) is 9.84 Å². The van der Waals surface area contributed by atoms with Crippen LogP contribution in [0, 0.1) is 12.2 Å². The number of rotatable bonds is 3. The molecule has 0 aliphatic carbocycles. The molecule has 0 saturated heterocycles. The van der Waals surface area contributed by atoms with Crippen molar-refractivity contribution in [1.29, 1.82) is 0 Å². The van der Waals surface area contributed by atoms with E-state index in [9.17, 15) is 9.59 Å². The SMILES string of the molecule is C=C(C)C(=O)OC#COc1ccc(C(=O)O)cc1. The first kappa shape index (κ1) is 13.3. The number of hydrogen-bond acceptors (Lipinski definition) is 4. The van der Waals surface area contributed by atoms with Gasteiger partial charge in [-0.25, -0.2) is 9.59 Å². The Morgan fingerprint density at radius 3 is 2.33 bits per heavy atom. The quantitative estimate of drug-likeness (QED) is 0.500. The summed E-state index contributed by atoms with van der Waals surface area (Å²) in [6.45, 7) is 4.87. The maximum atomic E-state index is 10.9. The van der Waals surface area contributed by atoms with Crippen LogP contribution in [0.15, 0.2) is 36.4 Å². The highest BCUT2D eigenvalue weighted by Crippen LogP contribution is 2.11. The molecule has 18 heavy (non-hydrogen) atoms. The number of carbonyl (C=O) groups excluding carboxylic acids is 1. The Bertz CT molecular complexity index is 531. The smallest absolute Gasteiger partial charge is 0.347 e. The monoisotopic (exact) mass is 246 g/mol. The summed E-state index contributed by atoms with van der Waals surface area (Å²) in [5.41, 5.74) is 0.374. The topological polar surface area (TPSA) is 72.8 Å². The average Bonchev–Trinajstić information content (AvgIpc) is 2.34. The predicted octanol–water partition coefficient (Wildman–Crippen LogP) is 1.80. The van der Waals surface area contributed by atoms with Gasteiger partial charge < -0.3 is 14.6 Å². The van der Waals surface area contributed by atoms with Crippen LogP contribution in [-0.4, -0.2) is 17.0 Å². The number of aromatic carboxylic acids is 1. The third kappa shape index (κ3) is 4.02. The van der Waals surface area contributed by atoms with Crippen molar-refractivity contribution >= 4 is 11.9 Å². The van der Waals surface area contributed by atoms with Gasteiger partial charge in [-0.3, -0.25) is 0 Å². The zero-order valence-electron chi connectivity index (χ0n) is 9.60. The van der Waals surface area contributed by atoms with Crippen molar-refractivity contribution in [3.8, 4) is 18.0 Å². The molecule has 0 spiro atoms. The molecule has 0 amide bonds. The highest BCUT2D eigenvalue weighted by Gasteiger charge is 2.02. The number of ether oxygens (including phenoxy) is 2. The molecule has 0 fully saturated rings. The minimum absolute atomic E-state index is 0.143. The van der Waals surface area contributed by atoms with Gasteiger partial charge in [0.05, 0.1) is 5.56 Å². The molecule has 0 unspecified atom stereocenters. The number of carboxylic acid groups (broad SMARTS) is 1. The Labute approximate surface area is 104 Å². The van der Waals surface area contributed by atoms with Crippen molar-refractivity contribution in [2.24, 2.45) is 0 Å². The Hall–Kier alpha value is -2.74. The second-order valence-electron chi connectivity index (χ2n) is 3.31. The highest BCUT2D eigenvalue weighted by molar-refractivity contribution is 5.88. The van der Waals surface area contributed by atoms with E-state index >= 15 is 0 Å². The summed E-state index contributed by atoms with van der Waals surface area (Å²) in [7, 11) is 0. The van der Waals surface area contributed by atoms with Crippen LogP contribution in [0.2, 0.25) is 0 Å². The van der Waals surface area contributed by atoms with Crippen molar-refractivity contribution in [1.82, 2.24) is 0 Å². The van der Waals surface area contributed by atoms with E-state index in [0.29, 0.717) is 5.75 Å². The summed E-state index contributed by atoms with van der Waals surface area (Å²) in [5.74, 6) is -1.31. The van der Waals surface area contributed by atoms with Crippen LogP contribution in [-0.2, 0) is 9.53 Å². The van der Waals surface area contributed by atoms with Crippen LogP contribution >= 0.6 is 0 Å². The number of hydrogen-bond donors (Lipinski definition) is 1. The fourth-order valence-electron chi connectivity index (χ4n) is 0.900. The molecule has 1 rings (SSSR count). The normalized spacial score (nSPS) is 8.72. The molecule has 0 aliphatic heterocycles. The molecular formula is C13H10O5. The molecule has 1 aromatic carbocycles. The first-order chi connectivity index (χ1) is 8.50. The number of benzene rings is 1. The zero-order valence-corrected chi connectivity index (χ0v) is 9.60. The van der Waals surface area contributed by atoms with Gasteiger partial charge in [-0.05, 0) is 31.2 Å². The summed E-state index contributed by atoms with van der Waals surface area (Å²) in [5, 5.41) is 8.67. The van der Waals surface area contributed by atoms with E-state index in [1.54, 1.807) is 0 Å². The first-order valence-electron chi connectivity index (χ1n) is 4.87. The standard InChI is InChI=1S/C13H10O5/c1-9(2)13(16)18-8-7-17-11-5-3-10(4-6-11)12(14)15/h3-6H,1H2,2H3,(H,14,15). The minimum Gasteiger partial charge on any atom is -0.478 e. The van der Waals surface area contributed by atoms with Gasteiger partial charge in [0.15, 0.2) is 12.2 Å². The molecule has 0 saturated carbocycles. The third-order valence-corrected chi connectivity index (χ3v) is 1.80. The summed E-state index contributed by atoms with van der Waals surface area (Å²) in [6, 6.07) is 5.63. The molecule has 92 valence electrons. The first-order valence-corrected chi connectivity index (χ1v) is 4.87. The Kier molecular flexibility index (Phi) is 4.52. The van der Waals surface area contributed by atoms with E-state index in [0.717, 1.165) is 0 Å². The van der Waals surface area contributed by atoms with E-state index < -0.39 is 11.9 Å². The fourth-order valence-corrected chi connectivity index (χ4v) is 0.900. The van der Waals surface area contributed by atoms with Gasteiger partial charge >= 0.3 is 11.9 Å². The molecule has 0 bridgehead atoms. The van der Waals surface area contributed by atoms with Crippen molar-refractivity contribution in [3.05, 3.63) is 42.0 Å². The highest BCUT2D eigenvalue weighted by atomic mass is 16.5. The van der Waals surface area contributed by atoms with Crippen LogP contribution in [0.1, 0.15) is 17.3 Å². The molecule has 0 aliphatic rings. The molecular weight excluding hydrogens is 236 g/mol. The van der Waals surface area contributed by atoms with Crippen molar-refractivity contribution in [2.75, 3.05) is 0 Å². The summed E-state index contributed by atoms with van der Waals surface area (Å²) >= 11 is 0. The van der Waals surface area contributed by atoms with Gasteiger partial charge in [0, 0.05) is 5.57 Å². The van der Waals surface area contributed by atoms with Crippen LogP contribution in [0.5, 0.6) is 5.75 Å². The van der Waals surface area contributed by atoms with Gasteiger partial charge in [0.2, 0.25) is 0 Å². The largest absolute Gasteiger partial charge is 0.478 e. The van der Waals surface area contributed by atoms with E-state index in [2.05, 4.69) is 23.5 Å². The molecule has 0 radical (unpaired) electrons. The van der Waals surface area contributed by atoms with Gasteiger partial charge in [-0.15, -0.1) is 0 Å². The maximum absolute atomic E-state index is 10.9. The number of esters is 1. The van der Waals surface area contributed by atoms with Crippen LogP contribution < -0.4 is 4.74 Å². The lowest BCUT2D eigenvalue weighted by Gasteiger charge is -1.97. The average molecular weight is 246 g/mol. The Balaban J connectivity index is 2.54. The van der Waals surface area contributed by atoms with Crippen molar-refractivity contribution in [2.45, 2.75) is 6.92 Å². The number of carbonyl (C=O) groups is 2. The molecule has 5 heteroatoms. The maximum Gasteiger partial charge on any atom is 0.347 e. The van der Waals surface area contributed by atoms with Crippen molar-refractivity contribution < 1.29 is 24.2 Å². The lowest BCUT2D eigenvalue weighted by molar-refractivity contribution is -0.132. The lowest BCUT2D eigenvalue weighted by atomic mass is 10.2.